The van der Waals surface area contributed by atoms with Crippen molar-refractivity contribution in [1.82, 2.24) is 24.0 Å². The minimum absolute atomic E-state index is 0.299. The fourth-order valence-electron chi connectivity index (χ4n) is 5.56. The molecule has 2 aliphatic heterocycles. The summed E-state index contributed by atoms with van der Waals surface area (Å²) < 4.78 is 53.6. The van der Waals surface area contributed by atoms with Crippen molar-refractivity contribution < 1.29 is 16.8 Å². The van der Waals surface area contributed by atoms with E-state index in [1.165, 1.54) is 11.8 Å². The van der Waals surface area contributed by atoms with E-state index in [1.807, 2.05) is 24.3 Å². The zero-order chi connectivity index (χ0) is 27.9. The third-order valence-corrected chi connectivity index (χ3v) is 12.0. The highest BCUT2D eigenvalue weighted by Gasteiger charge is 2.31. The average molecular weight is 602 g/mol. The van der Waals surface area contributed by atoms with E-state index in [0.717, 1.165) is 86.0 Å². The fraction of sp³-hybridized carbons (Fsp3) is 0.500. The molecule has 40 heavy (non-hydrogen) atoms. The van der Waals surface area contributed by atoms with Gasteiger partial charge in [0.2, 0.25) is 10.0 Å². The van der Waals surface area contributed by atoms with Gasteiger partial charge >= 0.3 is 0 Å². The normalized spacial score (nSPS) is 18.7. The maximum absolute atomic E-state index is 13.0. The van der Waals surface area contributed by atoms with Gasteiger partial charge in [0, 0.05) is 49.8 Å². The molecule has 0 amide bonds. The number of sulfonamides is 1. The van der Waals surface area contributed by atoms with Crippen LogP contribution in [0.4, 0.5) is 0 Å². The van der Waals surface area contributed by atoms with Gasteiger partial charge < -0.3 is 0 Å². The zero-order valence-electron chi connectivity index (χ0n) is 22.7. The lowest BCUT2D eigenvalue weighted by molar-refractivity contribution is 0.255. The molecule has 0 bridgehead atoms. The molecule has 3 aromatic rings. The summed E-state index contributed by atoms with van der Waals surface area (Å²) in [7, 11) is -6.65. The molecule has 1 saturated heterocycles. The predicted molar refractivity (Wildman–Crippen MR) is 156 cm³/mol. The van der Waals surface area contributed by atoms with E-state index >= 15 is 0 Å². The Labute approximate surface area is 240 Å². The van der Waals surface area contributed by atoms with Crippen LogP contribution in [0.25, 0.3) is 11.4 Å². The molecule has 2 fully saturated rings. The van der Waals surface area contributed by atoms with Gasteiger partial charge in [-0.15, -0.1) is 10.2 Å². The molecule has 0 atom stereocenters. The maximum atomic E-state index is 13.0. The number of thioether (sulfide) groups is 1. The van der Waals surface area contributed by atoms with Crippen molar-refractivity contribution in [3.8, 4) is 11.4 Å². The number of benzene rings is 2. The first kappa shape index (κ1) is 27.9. The summed E-state index contributed by atoms with van der Waals surface area (Å²) >= 11 is 1.71. The first-order valence-electron chi connectivity index (χ1n) is 13.9. The Balaban J connectivity index is 1.07. The molecule has 1 aromatic heterocycles. The van der Waals surface area contributed by atoms with Crippen LogP contribution < -0.4 is 0 Å². The van der Waals surface area contributed by atoms with Gasteiger partial charge in [-0.2, -0.15) is 4.31 Å². The number of hydrogen-bond acceptors (Lipinski definition) is 8. The fourth-order valence-corrected chi connectivity index (χ4v) is 8.69. The van der Waals surface area contributed by atoms with E-state index in [9.17, 15) is 16.8 Å². The molecule has 0 N–H and O–H groups in total. The summed E-state index contributed by atoms with van der Waals surface area (Å²) in [6.07, 6.45) is 7.21. The van der Waals surface area contributed by atoms with Crippen LogP contribution in [0, 0.1) is 0 Å². The summed E-state index contributed by atoms with van der Waals surface area (Å²) in [5, 5.41) is 9.86. The molecule has 214 valence electrons. The highest BCUT2D eigenvalue weighted by molar-refractivity contribution is 7.99. The van der Waals surface area contributed by atoms with E-state index in [0.29, 0.717) is 28.9 Å². The van der Waals surface area contributed by atoms with Crippen molar-refractivity contribution in [2.75, 3.05) is 38.2 Å². The van der Waals surface area contributed by atoms with Crippen molar-refractivity contribution in [3.05, 3.63) is 53.6 Å². The largest absolute Gasteiger partial charge is 0.299 e. The van der Waals surface area contributed by atoms with Crippen molar-refractivity contribution in [2.24, 2.45) is 0 Å². The second-order valence-electron chi connectivity index (χ2n) is 11.0. The van der Waals surface area contributed by atoms with Crippen LogP contribution in [0.5, 0.6) is 0 Å². The Hall–Kier alpha value is -2.25. The highest BCUT2D eigenvalue weighted by Crippen LogP contribution is 2.41. The molecule has 1 aliphatic carbocycles. The monoisotopic (exact) mass is 601 g/mol. The summed E-state index contributed by atoms with van der Waals surface area (Å²) in [5.41, 5.74) is 3.25. The van der Waals surface area contributed by atoms with Crippen LogP contribution in [0.2, 0.25) is 0 Å². The van der Waals surface area contributed by atoms with Crippen LogP contribution in [0.15, 0.2) is 57.4 Å². The lowest BCUT2D eigenvalue weighted by atomic mass is 10.00. The number of hydrogen-bond donors (Lipinski definition) is 0. The minimum atomic E-state index is -3.40. The Kier molecular flexibility index (Phi) is 7.81. The molecule has 3 heterocycles. The van der Waals surface area contributed by atoms with Crippen LogP contribution in [-0.2, 0) is 32.8 Å². The molecule has 3 aliphatic rings. The number of rotatable bonds is 10. The van der Waals surface area contributed by atoms with E-state index in [2.05, 4.69) is 19.7 Å². The Morgan fingerprint density at radius 1 is 0.900 bits per heavy atom. The summed E-state index contributed by atoms with van der Waals surface area (Å²) in [5.74, 6) is 1.70. The molecule has 1 saturated carbocycles. The van der Waals surface area contributed by atoms with Gasteiger partial charge in [0.15, 0.2) is 20.8 Å². The van der Waals surface area contributed by atoms with Gasteiger partial charge in [0.05, 0.1) is 9.79 Å². The molecule has 6 rings (SSSR count). The van der Waals surface area contributed by atoms with Gasteiger partial charge in [-0.05, 0) is 92.6 Å². The molecule has 0 radical (unpaired) electrons. The standard InChI is InChI=1S/C28H35N5O4S3/c1-39(34,35)25-10-6-22(7-11-25)27-29-30-28(33(27)24-8-9-24)38-18-4-14-31-17-13-21-5-12-26(19-23(21)20-31)40(36,37)32-15-2-3-16-32/h5-7,10-12,19,24H,2-4,8-9,13-18,20H2,1H3. The van der Waals surface area contributed by atoms with Gasteiger partial charge in [-0.25, -0.2) is 16.8 Å². The SMILES string of the molecule is CS(=O)(=O)c1ccc(-c2nnc(SCCCN3CCc4ccc(S(=O)(=O)N5CCCC5)cc4C3)n2C2CC2)cc1. The third kappa shape index (κ3) is 5.87. The first-order chi connectivity index (χ1) is 19.2. The average Bonchev–Trinajstić information content (AvgIpc) is 3.43. The summed E-state index contributed by atoms with van der Waals surface area (Å²) in [4.78, 5) is 3.13. The predicted octanol–water partition coefficient (Wildman–Crippen LogP) is 4.01. The van der Waals surface area contributed by atoms with Crippen LogP contribution in [0.1, 0.15) is 49.3 Å². The first-order valence-corrected chi connectivity index (χ1v) is 18.2. The van der Waals surface area contributed by atoms with Crippen molar-refractivity contribution in [3.63, 3.8) is 0 Å². The van der Waals surface area contributed by atoms with Gasteiger partial charge in [-0.1, -0.05) is 17.8 Å². The molecule has 2 aromatic carbocycles. The highest BCUT2D eigenvalue weighted by atomic mass is 32.2. The van der Waals surface area contributed by atoms with Gasteiger partial charge in [0.25, 0.3) is 0 Å². The zero-order valence-corrected chi connectivity index (χ0v) is 25.1. The number of aromatic nitrogens is 3. The van der Waals surface area contributed by atoms with E-state index < -0.39 is 19.9 Å². The lowest BCUT2D eigenvalue weighted by Gasteiger charge is -2.29. The number of nitrogens with zero attached hydrogens (tertiary/aromatic N) is 5. The van der Waals surface area contributed by atoms with Crippen molar-refractivity contribution in [2.45, 2.75) is 66.1 Å². The molecular weight excluding hydrogens is 567 g/mol. The molecular formula is C28H35N5O4S3. The quantitative estimate of drug-likeness (QED) is 0.254. The van der Waals surface area contributed by atoms with Crippen LogP contribution in [0.3, 0.4) is 0 Å². The van der Waals surface area contributed by atoms with Crippen LogP contribution >= 0.6 is 11.8 Å². The van der Waals surface area contributed by atoms with Crippen molar-refractivity contribution in [1.29, 1.82) is 0 Å². The second-order valence-corrected chi connectivity index (χ2v) is 16.0. The minimum Gasteiger partial charge on any atom is -0.299 e. The van der Waals surface area contributed by atoms with Crippen molar-refractivity contribution >= 4 is 31.6 Å². The second kappa shape index (κ2) is 11.2. The van der Waals surface area contributed by atoms with E-state index in [1.54, 1.807) is 34.3 Å². The van der Waals surface area contributed by atoms with Gasteiger partial charge in [0.1, 0.15) is 0 Å². The Bertz CT molecular complexity index is 1590. The third-order valence-electron chi connectivity index (χ3n) is 7.94. The number of sulfone groups is 1. The summed E-state index contributed by atoms with van der Waals surface area (Å²) in [6.45, 7) is 3.92. The summed E-state index contributed by atoms with van der Waals surface area (Å²) in [6, 6.07) is 13.0. The Morgan fingerprint density at radius 3 is 2.33 bits per heavy atom. The van der Waals surface area contributed by atoms with E-state index in [4.69, 9.17) is 0 Å². The smallest absolute Gasteiger partial charge is 0.243 e. The topological polar surface area (TPSA) is 105 Å². The lowest BCUT2D eigenvalue weighted by Crippen LogP contribution is -2.32. The van der Waals surface area contributed by atoms with Gasteiger partial charge in [-0.3, -0.25) is 9.47 Å². The maximum Gasteiger partial charge on any atom is 0.243 e. The molecule has 0 unspecified atom stereocenters. The number of fused-ring (bicyclic) bond motifs is 1. The Morgan fingerprint density at radius 2 is 1.62 bits per heavy atom. The van der Waals surface area contributed by atoms with Crippen LogP contribution in [-0.4, -0.2) is 79.0 Å². The molecule has 12 heteroatoms. The molecule has 9 nitrogen and oxygen atoms in total. The molecule has 0 spiro atoms. The van der Waals surface area contributed by atoms with E-state index in [-0.39, 0.29) is 0 Å².